The van der Waals surface area contributed by atoms with Crippen molar-refractivity contribution in [2.75, 3.05) is 13.1 Å². The molecule has 0 radical (unpaired) electrons. The molecule has 2 heterocycles. The van der Waals surface area contributed by atoms with Crippen molar-refractivity contribution in [1.82, 2.24) is 10.3 Å². The Bertz CT molecular complexity index is 217. The fraction of sp³-hybridized carbons (Fsp3) is 0.545. The summed E-state index contributed by atoms with van der Waals surface area (Å²) in [6.45, 7) is 6.49. The third-order valence-corrected chi connectivity index (χ3v) is 1.98. The Kier molecular flexibility index (Phi) is 4.47. The van der Waals surface area contributed by atoms with Crippen LogP contribution in [0.4, 0.5) is 0 Å². The molecular formula is C11H18N2. The Morgan fingerprint density at radius 3 is 1.85 bits per heavy atom. The monoisotopic (exact) mass is 178 g/mol. The zero-order valence-electron chi connectivity index (χ0n) is 8.51. The van der Waals surface area contributed by atoms with Gasteiger partial charge in [-0.25, -0.2) is 0 Å². The number of rotatable bonds is 0. The normalized spacial score (nSPS) is 14.9. The highest BCUT2D eigenvalue weighted by Crippen LogP contribution is 1.93. The van der Waals surface area contributed by atoms with Crippen LogP contribution in [-0.2, 0) is 0 Å². The zero-order valence-corrected chi connectivity index (χ0v) is 8.51. The average Bonchev–Trinajstić information content (AvgIpc) is 2.59. The quantitative estimate of drug-likeness (QED) is 0.658. The number of aromatic nitrogens is 1. The van der Waals surface area contributed by atoms with Gasteiger partial charge < -0.3 is 5.32 Å². The van der Waals surface area contributed by atoms with Crippen molar-refractivity contribution in [3.05, 3.63) is 29.6 Å². The van der Waals surface area contributed by atoms with Gasteiger partial charge in [0.05, 0.1) is 0 Å². The van der Waals surface area contributed by atoms with Crippen LogP contribution in [0.3, 0.4) is 0 Å². The molecule has 0 amide bonds. The lowest BCUT2D eigenvalue weighted by Gasteiger charge is -1.90. The van der Waals surface area contributed by atoms with Crippen LogP contribution in [0.5, 0.6) is 0 Å². The lowest BCUT2D eigenvalue weighted by atomic mass is 10.3. The van der Waals surface area contributed by atoms with E-state index in [1.165, 1.54) is 25.9 Å². The molecule has 1 aliphatic rings. The SMILES string of the molecule is C1CCNC1.Cc1cccc(C)n1. The minimum absolute atomic E-state index is 1.09. The molecule has 1 aliphatic heterocycles. The van der Waals surface area contributed by atoms with Crippen molar-refractivity contribution in [2.45, 2.75) is 26.7 Å². The molecule has 1 aromatic heterocycles. The predicted octanol–water partition coefficient (Wildman–Crippen LogP) is 2.07. The van der Waals surface area contributed by atoms with E-state index in [0.29, 0.717) is 0 Å². The summed E-state index contributed by atoms with van der Waals surface area (Å²) in [7, 11) is 0. The Labute approximate surface area is 80.4 Å². The van der Waals surface area contributed by atoms with E-state index in [2.05, 4.69) is 10.3 Å². The first kappa shape index (κ1) is 10.2. The number of hydrogen-bond acceptors (Lipinski definition) is 2. The summed E-state index contributed by atoms with van der Waals surface area (Å²) < 4.78 is 0. The number of nitrogens with zero attached hydrogens (tertiary/aromatic N) is 1. The molecule has 2 heteroatoms. The van der Waals surface area contributed by atoms with Crippen LogP contribution >= 0.6 is 0 Å². The molecule has 1 saturated heterocycles. The van der Waals surface area contributed by atoms with E-state index in [1.807, 2.05) is 32.0 Å². The highest BCUT2D eigenvalue weighted by molar-refractivity contribution is 5.07. The molecule has 72 valence electrons. The van der Waals surface area contributed by atoms with Gasteiger partial charge in [-0.05, 0) is 51.9 Å². The highest BCUT2D eigenvalue weighted by atomic mass is 14.9. The van der Waals surface area contributed by atoms with Crippen molar-refractivity contribution in [2.24, 2.45) is 0 Å². The minimum Gasteiger partial charge on any atom is -0.317 e. The van der Waals surface area contributed by atoms with E-state index >= 15 is 0 Å². The molecule has 0 saturated carbocycles. The van der Waals surface area contributed by atoms with Crippen LogP contribution in [0.25, 0.3) is 0 Å². The number of pyridine rings is 1. The lowest BCUT2D eigenvalue weighted by molar-refractivity contribution is 0.857. The Hall–Kier alpha value is -0.890. The first-order valence-corrected chi connectivity index (χ1v) is 4.90. The summed E-state index contributed by atoms with van der Waals surface area (Å²) in [6.07, 6.45) is 2.78. The van der Waals surface area contributed by atoms with E-state index in [-0.39, 0.29) is 0 Å². The van der Waals surface area contributed by atoms with E-state index < -0.39 is 0 Å². The molecule has 0 spiro atoms. The molecule has 1 aromatic rings. The molecule has 0 aromatic carbocycles. The van der Waals surface area contributed by atoms with Gasteiger partial charge >= 0.3 is 0 Å². The van der Waals surface area contributed by atoms with Gasteiger partial charge in [0.15, 0.2) is 0 Å². The van der Waals surface area contributed by atoms with Gasteiger partial charge in [0.1, 0.15) is 0 Å². The first-order valence-electron chi connectivity index (χ1n) is 4.90. The van der Waals surface area contributed by atoms with Crippen molar-refractivity contribution < 1.29 is 0 Å². The number of hydrogen-bond donors (Lipinski definition) is 1. The number of aryl methyl sites for hydroxylation is 2. The van der Waals surface area contributed by atoms with Crippen LogP contribution in [0, 0.1) is 13.8 Å². The zero-order chi connectivity index (χ0) is 9.52. The molecule has 0 unspecified atom stereocenters. The van der Waals surface area contributed by atoms with Gasteiger partial charge in [-0.2, -0.15) is 0 Å². The molecule has 0 aliphatic carbocycles. The van der Waals surface area contributed by atoms with E-state index in [1.54, 1.807) is 0 Å². The van der Waals surface area contributed by atoms with Crippen LogP contribution < -0.4 is 5.32 Å². The summed E-state index contributed by atoms with van der Waals surface area (Å²) in [5.41, 5.74) is 2.18. The molecule has 13 heavy (non-hydrogen) atoms. The molecule has 1 N–H and O–H groups in total. The molecule has 2 nitrogen and oxygen atoms in total. The molecule has 0 bridgehead atoms. The third-order valence-electron chi connectivity index (χ3n) is 1.98. The van der Waals surface area contributed by atoms with Crippen LogP contribution in [0.1, 0.15) is 24.2 Å². The first-order chi connectivity index (χ1) is 6.29. The second kappa shape index (κ2) is 5.70. The van der Waals surface area contributed by atoms with Crippen LogP contribution in [0.15, 0.2) is 18.2 Å². The van der Waals surface area contributed by atoms with E-state index in [0.717, 1.165) is 11.4 Å². The van der Waals surface area contributed by atoms with Gasteiger partial charge in [0, 0.05) is 11.4 Å². The summed E-state index contributed by atoms with van der Waals surface area (Å²) in [4.78, 5) is 4.17. The average molecular weight is 178 g/mol. The second-order valence-electron chi connectivity index (χ2n) is 3.38. The topological polar surface area (TPSA) is 24.9 Å². The van der Waals surface area contributed by atoms with Gasteiger partial charge in [-0.15, -0.1) is 0 Å². The van der Waals surface area contributed by atoms with Gasteiger partial charge in [-0.1, -0.05) is 6.07 Å². The van der Waals surface area contributed by atoms with Crippen molar-refractivity contribution in [1.29, 1.82) is 0 Å². The summed E-state index contributed by atoms with van der Waals surface area (Å²) in [5.74, 6) is 0. The van der Waals surface area contributed by atoms with Crippen molar-refractivity contribution >= 4 is 0 Å². The Balaban J connectivity index is 0.000000145. The lowest BCUT2D eigenvalue weighted by Crippen LogP contribution is -2.03. The molecule has 2 rings (SSSR count). The highest BCUT2D eigenvalue weighted by Gasteiger charge is 1.93. The van der Waals surface area contributed by atoms with Gasteiger partial charge in [0.25, 0.3) is 0 Å². The Morgan fingerprint density at radius 1 is 1.08 bits per heavy atom. The van der Waals surface area contributed by atoms with Crippen molar-refractivity contribution in [3.8, 4) is 0 Å². The maximum Gasteiger partial charge on any atom is 0.0375 e. The number of nitrogens with one attached hydrogen (secondary N) is 1. The second-order valence-corrected chi connectivity index (χ2v) is 3.38. The van der Waals surface area contributed by atoms with Crippen LogP contribution in [0.2, 0.25) is 0 Å². The minimum atomic E-state index is 1.09. The summed E-state index contributed by atoms with van der Waals surface area (Å²) in [5, 5.41) is 3.22. The fourth-order valence-electron chi connectivity index (χ4n) is 1.30. The smallest absolute Gasteiger partial charge is 0.0375 e. The Morgan fingerprint density at radius 2 is 1.62 bits per heavy atom. The predicted molar refractivity (Wildman–Crippen MR) is 55.8 cm³/mol. The van der Waals surface area contributed by atoms with E-state index in [9.17, 15) is 0 Å². The van der Waals surface area contributed by atoms with Crippen LogP contribution in [-0.4, -0.2) is 18.1 Å². The van der Waals surface area contributed by atoms with Crippen molar-refractivity contribution in [3.63, 3.8) is 0 Å². The molecular weight excluding hydrogens is 160 g/mol. The van der Waals surface area contributed by atoms with Gasteiger partial charge in [-0.3, -0.25) is 4.98 Å². The largest absolute Gasteiger partial charge is 0.317 e. The maximum atomic E-state index is 4.17. The molecule has 0 atom stereocenters. The summed E-state index contributed by atoms with van der Waals surface area (Å²) >= 11 is 0. The fourth-order valence-corrected chi connectivity index (χ4v) is 1.30. The standard InChI is InChI=1S/C7H9N.C4H9N/c1-6-4-3-5-7(2)8-6;1-2-4-5-3-1/h3-5H,1-2H3;5H,1-4H2. The maximum absolute atomic E-state index is 4.17. The molecule has 1 fully saturated rings. The van der Waals surface area contributed by atoms with Gasteiger partial charge in [0.2, 0.25) is 0 Å². The van der Waals surface area contributed by atoms with E-state index in [4.69, 9.17) is 0 Å². The summed E-state index contributed by atoms with van der Waals surface area (Å²) in [6, 6.07) is 6.00. The third kappa shape index (κ3) is 4.63.